The zero-order valence-electron chi connectivity index (χ0n) is 22.4. The van der Waals surface area contributed by atoms with Crippen molar-refractivity contribution in [1.29, 1.82) is 0 Å². The number of furan rings is 1. The van der Waals surface area contributed by atoms with Gasteiger partial charge in [-0.25, -0.2) is 14.4 Å². The summed E-state index contributed by atoms with van der Waals surface area (Å²) in [7, 11) is 0. The summed E-state index contributed by atoms with van der Waals surface area (Å²) in [5.41, 5.74) is 8.65. The fourth-order valence-corrected chi connectivity index (χ4v) is 5.27. The molecule has 0 radical (unpaired) electrons. The summed E-state index contributed by atoms with van der Waals surface area (Å²) in [5.74, 6) is 0.686. The Morgan fingerprint density at radius 2 is 2.00 bits per heavy atom. The maximum atomic E-state index is 14.9. The Bertz CT molecular complexity index is 1680. The first-order valence-electron chi connectivity index (χ1n) is 13.1. The lowest BCUT2D eigenvalue weighted by Crippen LogP contribution is -2.47. The maximum Gasteiger partial charge on any atom is 0.251 e. The first-order valence-corrected chi connectivity index (χ1v) is 14.9. The van der Waals surface area contributed by atoms with Gasteiger partial charge in [0.05, 0.1) is 31.1 Å². The van der Waals surface area contributed by atoms with Crippen molar-refractivity contribution in [3.63, 3.8) is 0 Å². The molecule has 1 aliphatic rings. The molecule has 1 saturated heterocycles. The molecule has 1 atom stereocenters. The lowest BCUT2D eigenvalue weighted by atomic mass is 10.1. The van der Waals surface area contributed by atoms with Gasteiger partial charge in [-0.15, -0.1) is 5.10 Å². The van der Waals surface area contributed by atoms with Crippen molar-refractivity contribution in [2.75, 3.05) is 61.9 Å². The Labute approximate surface area is 237 Å². The number of benzene rings is 1. The highest BCUT2D eigenvalue weighted by atomic mass is 32.2. The lowest BCUT2D eigenvalue weighted by Gasteiger charge is -2.36. The summed E-state index contributed by atoms with van der Waals surface area (Å²) in [6.45, 7) is 4.47. The number of halogens is 1. The minimum Gasteiger partial charge on any atom is -0.617 e. The van der Waals surface area contributed by atoms with Gasteiger partial charge in [-0.05, 0) is 30.3 Å². The summed E-state index contributed by atoms with van der Waals surface area (Å²) in [4.78, 5) is 30.2. The molecular formula is C26H29FN10O3S. The monoisotopic (exact) mass is 580 g/mol. The first kappa shape index (κ1) is 27.0. The van der Waals surface area contributed by atoms with E-state index in [4.69, 9.17) is 10.2 Å². The van der Waals surface area contributed by atoms with E-state index in [1.807, 2.05) is 9.47 Å². The van der Waals surface area contributed by atoms with Crippen molar-refractivity contribution in [3.05, 3.63) is 54.3 Å². The number of amides is 1. The second-order valence-electron chi connectivity index (χ2n) is 9.76. The maximum absolute atomic E-state index is 14.9. The fraction of sp³-hybridized carbons (Fsp3) is 0.346. The molecule has 1 aliphatic heterocycles. The number of nitrogens with two attached hydrogens (primary N) is 1. The van der Waals surface area contributed by atoms with Gasteiger partial charge in [0.15, 0.2) is 22.6 Å². The van der Waals surface area contributed by atoms with Crippen molar-refractivity contribution in [1.82, 2.24) is 39.3 Å². The number of hydrogen-bond acceptors (Lipinski definition) is 10. The van der Waals surface area contributed by atoms with Crippen LogP contribution < -0.4 is 16.0 Å². The molecule has 6 rings (SSSR count). The van der Waals surface area contributed by atoms with E-state index in [1.165, 1.54) is 10.6 Å². The van der Waals surface area contributed by atoms with Gasteiger partial charge in [0.25, 0.3) is 5.91 Å². The van der Waals surface area contributed by atoms with Crippen LogP contribution in [0.3, 0.4) is 0 Å². The first-order chi connectivity index (χ1) is 19.9. The molecule has 214 valence electrons. The van der Waals surface area contributed by atoms with E-state index in [1.54, 1.807) is 43.1 Å². The van der Waals surface area contributed by atoms with Gasteiger partial charge in [0.1, 0.15) is 11.6 Å². The van der Waals surface area contributed by atoms with E-state index < -0.39 is 17.0 Å². The Balaban J connectivity index is 1.07. The van der Waals surface area contributed by atoms with E-state index in [9.17, 15) is 13.7 Å². The second-order valence-corrected chi connectivity index (χ2v) is 11.3. The number of nitrogen functional groups attached to an aromatic ring is 1. The number of anilines is 2. The summed E-state index contributed by atoms with van der Waals surface area (Å²) >= 11 is -1.00. The molecule has 41 heavy (non-hydrogen) atoms. The average molecular weight is 581 g/mol. The molecule has 4 aromatic heterocycles. The van der Waals surface area contributed by atoms with Crippen LogP contribution in [0.5, 0.6) is 0 Å². The predicted molar refractivity (Wildman–Crippen MR) is 153 cm³/mol. The van der Waals surface area contributed by atoms with Gasteiger partial charge in [-0.3, -0.25) is 9.69 Å². The molecule has 15 heteroatoms. The van der Waals surface area contributed by atoms with Gasteiger partial charge in [-0.2, -0.15) is 9.50 Å². The van der Waals surface area contributed by atoms with E-state index >= 15 is 0 Å². The zero-order chi connectivity index (χ0) is 28.5. The van der Waals surface area contributed by atoms with Crippen molar-refractivity contribution in [2.45, 2.75) is 6.54 Å². The normalized spacial score (nSPS) is 15.1. The smallest absolute Gasteiger partial charge is 0.251 e. The zero-order valence-corrected chi connectivity index (χ0v) is 23.2. The van der Waals surface area contributed by atoms with Gasteiger partial charge in [0, 0.05) is 44.8 Å². The van der Waals surface area contributed by atoms with Crippen molar-refractivity contribution in [2.24, 2.45) is 0 Å². The third-order valence-electron chi connectivity index (χ3n) is 7.06. The molecule has 13 nitrogen and oxygen atoms in total. The topological polar surface area (TPSA) is 159 Å². The average Bonchev–Trinajstić information content (AvgIpc) is 3.72. The number of hydrogen-bond donors (Lipinski definition) is 2. The molecule has 3 N–H and O–H groups in total. The summed E-state index contributed by atoms with van der Waals surface area (Å²) in [6, 6.07) is 8.06. The van der Waals surface area contributed by atoms with Crippen LogP contribution in [0, 0.1) is 5.82 Å². The number of piperazine rings is 1. The van der Waals surface area contributed by atoms with Crippen molar-refractivity contribution < 1.29 is 18.2 Å². The molecule has 0 saturated carbocycles. The van der Waals surface area contributed by atoms with Gasteiger partial charge in [0.2, 0.25) is 11.8 Å². The van der Waals surface area contributed by atoms with Crippen LogP contribution in [0.15, 0.2) is 47.3 Å². The highest BCUT2D eigenvalue weighted by Crippen LogP contribution is 2.24. The summed E-state index contributed by atoms with van der Waals surface area (Å²) in [5, 5.41) is 7.08. The minimum absolute atomic E-state index is 0.205. The van der Waals surface area contributed by atoms with Crippen LogP contribution in [0.1, 0.15) is 10.4 Å². The number of nitrogens with one attached hydrogen (secondary N) is 1. The quantitative estimate of drug-likeness (QED) is 0.244. The second kappa shape index (κ2) is 11.3. The van der Waals surface area contributed by atoms with Gasteiger partial charge < -0.3 is 29.5 Å². The van der Waals surface area contributed by atoms with Gasteiger partial charge >= 0.3 is 0 Å². The van der Waals surface area contributed by atoms with Crippen LogP contribution in [0.4, 0.5) is 16.0 Å². The summed E-state index contributed by atoms with van der Waals surface area (Å²) in [6.07, 6.45) is 4.85. The van der Waals surface area contributed by atoms with Crippen LogP contribution in [0.2, 0.25) is 0 Å². The highest BCUT2D eigenvalue weighted by molar-refractivity contribution is 7.90. The van der Waals surface area contributed by atoms with E-state index in [2.05, 4.69) is 30.3 Å². The molecule has 1 aromatic carbocycles. The largest absolute Gasteiger partial charge is 0.617 e. The Morgan fingerprint density at radius 3 is 2.73 bits per heavy atom. The molecule has 0 aliphatic carbocycles. The Kier molecular flexibility index (Phi) is 7.47. The van der Waals surface area contributed by atoms with E-state index in [-0.39, 0.29) is 24.0 Å². The van der Waals surface area contributed by atoms with Crippen molar-refractivity contribution in [3.8, 4) is 11.6 Å². The molecule has 1 amide bonds. The number of carbonyl (C=O) groups is 1. The molecule has 0 spiro atoms. The summed E-state index contributed by atoms with van der Waals surface area (Å²) < 4.78 is 34.9. The Hall–Kier alpha value is -4.21. The van der Waals surface area contributed by atoms with E-state index in [0.29, 0.717) is 59.5 Å². The number of rotatable bonds is 9. The van der Waals surface area contributed by atoms with Crippen LogP contribution in [-0.2, 0) is 17.7 Å². The predicted octanol–water partition coefficient (Wildman–Crippen LogP) is 1.39. The Morgan fingerprint density at radius 1 is 1.17 bits per heavy atom. The number of carbonyl (C=O) groups excluding carboxylic acids is 1. The molecule has 5 aromatic rings. The number of fused-ring (bicyclic) bond motifs is 3. The molecule has 1 fully saturated rings. The fourth-order valence-electron chi connectivity index (χ4n) is 4.88. The standard InChI is InChI=1S/C26H29FN10O3S/c1-41(39)14-6-29-25(38)17-4-5-19(18(27)15-17)35-10-7-34(8-11-35)9-12-36-16-30-21-23(36)32-26(28)37-24(21)31-22(33-37)20-3-2-13-40-20/h2-5,13,15-16H,6-12,14H2,1H3,(H2,28,32)(H,29,38)/t41-/m1/s1. The minimum atomic E-state index is -1.00. The van der Waals surface area contributed by atoms with Crippen LogP contribution in [-0.4, -0.2) is 95.8 Å². The van der Waals surface area contributed by atoms with E-state index in [0.717, 1.165) is 19.6 Å². The third kappa shape index (κ3) is 5.55. The number of imidazole rings is 1. The van der Waals surface area contributed by atoms with Crippen LogP contribution >= 0.6 is 0 Å². The molecular weight excluding hydrogens is 551 g/mol. The molecule has 0 unspecified atom stereocenters. The van der Waals surface area contributed by atoms with Crippen LogP contribution in [0.25, 0.3) is 28.4 Å². The number of nitrogens with zero attached hydrogens (tertiary/aromatic N) is 8. The van der Waals surface area contributed by atoms with Gasteiger partial charge in [-0.1, -0.05) is 11.2 Å². The molecule has 5 heterocycles. The third-order valence-corrected chi connectivity index (χ3v) is 7.84. The SMILES string of the molecule is C[S@@+]([O-])CCNC(=O)c1ccc(N2CCN(CCn3cnc4c3nc(N)n3nc(-c5ccco5)nc43)CC2)c(F)c1. The lowest BCUT2D eigenvalue weighted by molar-refractivity contribution is 0.0955. The highest BCUT2D eigenvalue weighted by Gasteiger charge is 2.22. The number of aromatic nitrogens is 6. The molecule has 0 bridgehead atoms. The van der Waals surface area contributed by atoms with Crippen molar-refractivity contribution >= 4 is 45.5 Å².